The van der Waals surface area contributed by atoms with Crippen molar-refractivity contribution in [2.75, 3.05) is 20.3 Å². The molecule has 17 heavy (non-hydrogen) atoms. The Morgan fingerprint density at radius 3 is 2.35 bits per heavy atom. The van der Waals surface area contributed by atoms with E-state index in [2.05, 4.69) is 31.3 Å². The van der Waals surface area contributed by atoms with E-state index in [1.54, 1.807) is 7.11 Å². The molecule has 1 aromatic carbocycles. The summed E-state index contributed by atoms with van der Waals surface area (Å²) in [5.74, 6) is 0.925. The molecule has 2 unspecified atom stereocenters. The lowest BCUT2D eigenvalue weighted by molar-refractivity contribution is 0.115. The Hall–Kier alpha value is -1.06. The molecule has 0 saturated heterocycles. The third-order valence-corrected chi connectivity index (χ3v) is 2.80. The van der Waals surface area contributed by atoms with Crippen LogP contribution in [0.3, 0.4) is 0 Å². The number of benzene rings is 1. The Morgan fingerprint density at radius 1 is 1.18 bits per heavy atom. The molecule has 0 spiro atoms. The molecule has 0 bridgehead atoms. The van der Waals surface area contributed by atoms with E-state index in [0.29, 0.717) is 12.6 Å². The van der Waals surface area contributed by atoms with Gasteiger partial charge in [-0.3, -0.25) is 0 Å². The van der Waals surface area contributed by atoms with Gasteiger partial charge in [-0.05, 0) is 38.5 Å². The van der Waals surface area contributed by atoms with E-state index in [9.17, 15) is 0 Å². The van der Waals surface area contributed by atoms with Crippen molar-refractivity contribution < 1.29 is 9.47 Å². The number of ether oxygens (including phenoxy) is 2. The lowest BCUT2D eigenvalue weighted by atomic mass is 10.1. The number of rotatable bonds is 7. The maximum absolute atomic E-state index is 5.42. The molecular weight excluding hydrogens is 214 g/mol. The van der Waals surface area contributed by atoms with Crippen LogP contribution in [-0.2, 0) is 4.74 Å². The SMILES string of the molecule is CCOc1ccc(C(C)NCC(C)OC)cc1. The van der Waals surface area contributed by atoms with Crippen LogP contribution in [0, 0.1) is 0 Å². The Bertz CT molecular complexity index is 311. The molecule has 1 N–H and O–H groups in total. The lowest BCUT2D eigenvalue weighted by Gasteiger charge is -2.17. The van der Waals surface area contributed by atoms with Crippen molar-refractivity contribution in [1.82, 2.24) is 5.32 Å². The van der Waals surface area contributed by atoms with Crippen LogP contribution in [0.15, 0.2) is 24.3 Å². The summed E-state index contributed by atoms with van der Waals surface area (Å²) in [4.78, 5) is 0. The summed E-state index contributed by atoms with van der Waals surface area (Å²) in [5.41, 5.74) is 1.26. The highest BCUT2D eigenvalue weighted by molar-refractivity contribution is 5.28. The quantitative estimate of drug-likeness (QED) is 0.791. The van der Waals surface area contributed by atoms with Gasteiger partial charge in [0.2, 0.25) is 0 Å². The minimum absolute atomic E-state index is 0.236. The highest BCUT2D eigenvalue weighted by Crippen LogP contribution is 2.17. The molecular formula is C14H23NO2. The molecule has 1 rings (SSSR count). The molecule has 0 aliphatic rings. The zero-order chi connectivity index (χ0) is 12.7. The van der Waals surface area contributed by atoms with E-state index in [1.165, 1.54) is 5.56 Å². The molecule has 96 valence electrons. The second-order valence-corrected chi connectivity index (χ2v) is 4.18. The van der Waals surface area contributed by atoms with Gasteiger partial charge in [-0.25, -0.2) is 0 Å². The second-order valence-electron chi connectivity index (χ2n) is 4.18. The van der Waals surface area contributed by atoms with E-state index in [-0.39, 0.29) is 6.10 Å². The van der Waals surface area contributed by atoms with E-state index >= 15 is 0 Å². The molecule has 2 atom stereocenters. The standard InChI is InChI=1S/C14H23NO2/c1-5-17-14-8-6-13(7-9-14)12(3)15-10-11(2)16-4/h6-9,11-12,15H,5,10H2,1-4H3. The average molecular weight is 237 g/mol. The van der Waals surface area contributed by atoms with Gasteiger partial charge in [0.25, 0.3) is 0 Å². The Balaban J connectivity index is 2.48. The summed E-state index contributed by atoms with van der Waals surface area (Å²) in [6, 6.07) is 8.54. The van der Waals surface area contributed by atoms with Crippen LogP contribution in [0.1, 0.15) is 32.4 Å². The first kappa shape index (κ1) is 14.0. The van der Waals surface area contributed by atoms with Gasteiger partial charge in [0.1, 0.15) is 5.75 Å². The maximum atomic E-state index is 5.42. The van der Waals surface area contributed by atoms with Crippen LogP contribution < -0.4 is 10.1 Å². The van der Waals surface area contributed by atoms with Gasteiger partial charge in [-0.2, -0.15) is 0 Å². The van der Waals surface area contributed by atoms with Gasteiger partial charge in [0, 0.05) is 19.7 Å². The molecule has 0 heterocycles. The Labute approximate surface area is 104 Å². The predicted molar refractivity (Wildman–Crippen MR) is 70.5 cm³/mol. The molecule has 0 amide bonds. The fourth-order valence-corrected chi connectivity index (χ4v) is 1.56. The topological polar surface area (TPSA) is 30.5 Å². The highest BCUT2D eigenvalue weighted by Gasteiger charge is 2.06. The van der Waals surface area contributed by atoms with Crippen molar-refractivity contribution in [3.05, 3.63) is 29.8 Å². The first-order chi connectivity index (χ1) is 8.17. The molecule has 0 aliphatic carbocycles. The van der Waals surface area contributed by atoms with E-state index in [1.807, 2.05) is 19.1 Å². The van der Waals surface area contributed by atoms with Gasteiger partial charge < -0.3 is 14.8 Å². The zero-order valence-corrected chi connectivity index (χ0v) is 11.2. The third-order valence-electron chi connectivity index (χ3n) is 2.80. The second kappa shape index (κ2) is 7.30. The van der Waals surface area contributed by atoms with Crippen LogP contribution in [0.5, 0.6) is 5.75 Å². The first-order valence-electron chi connectivity index (χ1n) is 6.16. The minimum Gasteiger partial charge on any atom is -0.494 e. The predicted octanol–water partition coefficient (Wildman–Crippen LogP) is 2.77. The summed E-state index contributed by atoms with van der Waals surface area (Å²) < 4.78 is 10.6. The van der Waals surface area contributed by atoms with Gasteiger partial charge in [0.15, 0.2) is 0 Å². The summed E-state index contributed by atoms with van der Waals surface area (Å²) in [5, 5.41) is 3.44. The lowest BCUT2D eigenvalue weighted by Crippen LogP contribution is -2.28. The summed E-state index contributed by atoms with van der Waals surface area (Å²) >= 11 is 0. The summed E-state index contributed by atoms with van der Waals surface area (Å²) in [6.07, 6.45) is 0.236. The Morgan fingerprint density at radius 2 is 1.82 bits per heavy atom. The van der Waals surface area contributed by atoms with Crippen molar-refractivity contribution in [2.24, 2.45) is 0 Å². The summed E-state index contributed by atoms with van der Waals surface area (Å²) in [6.45, 7) is 7.75. The Kier molecular flexibility index (Phi) is 6.01. The smallest absolute Gasteiger partial charge is 0.119 e. The minimum atomic E-state index is 0.236. The van der Waals surface area contributed by atoms with Gasteiger partial charge in [-0.15, -0.1) is 0 Å². The molecule has 0 aliphatic heterocycles. The molecule has 0 saturated carbocycles. The maximum Gasteiger partial charge on any atom is 0.119 e. The molecule has 0 radical (unpaired) electrons. The van der Waals surface area contributed by atoms with Crippen LogP contribution in [0.25, 0.3) is 0 Å². The number of hydrogen-bond donors (Lipinski definition) is 1. The van der Waals surface area contributed by atoms with Crippen molar-refractivity contribution in [1.29, 1.82) is 0 Å². The molecule has 3 heteroatoms. The first-order valence-corrected chi connectivity index (χ1v) is 6.16. The average Bonchev–Trinajstić information content (AvgIpc) is 2.36. The van der Waals surface area contributed by atoms with Crippen LogP contribution >= 0.6 is 0 Å². The normalized spacial score (nSPS) is 14.4. The van der Waals surface area contributed by atoms with Crippen LogP contribution in [-0.4, -0.2) is 26.4 Å². The van der Waals surface area contributed by atoms with Gasteiger partial charge >= 0.3 is 0 Å². The molecule has 0 fully saturated rings. The van der Waals surface area contributed by atoms with Gasteiger partial charge in [0.05, 0.1) is 12.7 Å². The fraction of sp³-hybridized carbons (Fsp3) is 0.571. The van der Waals surface area contributed by atoms with E-state index in [4.69, 9.17) is 9.47 Å². The molecule has 1 aromatic rings. The molecule has 0 aromatic heterocycles. The third kappa shape index (κ3) is 4.75. The van der Waals surface area contributed by atoms with Crippen molar-refractivity contribution in [2.45, 2.75) is 32.9 Å². The highest BCUT2D eigenvalue weighted by atomic mass is 16.5. The van der Waals surface area contributed by atoms with Crippen molar-refractivity contribution in [3.8, 4) is 5.75 Å². The monoisotopic (exact) mass is 237 g/mol. The summed E-state index contributed by atoms with van der Waals surface area (Å²) in [7, 11) is 1.73. The van der Waals surface area contributed by atoms with Crippen molar-refractivity contribution in [3.63, 3.8) is 0 Å². The largest absolute Gasteiger partial charge is 0.494 e. The molecule has 3 nitrogen and oxygen atoms in total. The number of hydrogen-bond acceptors (Lipinski definition) is 3. The van der Waals surface area contributed by atoms with Gasteiger partial charge in [-0.1, -0.05) is 12.1 Å². The zero-order valence-electron chi connectivity index (χ0n) is 11.2. The van der Waals surface area contributed by atoms with Crippen LogP contribution in [0.2, 0.25) is 0 Å². The number of methoxy groups -OCH3 is 1. The van der Waals surface area contributed by atoms with Crippen molar-refractivity contribution >= 4 is 0 Å². The number of nitrogens with one attached hydrogen (secondary N) is 1. The fourth-order valence-electron chi connectivity index (χ4n) is 1.56. The van der Waals surface area contributed by atoms with Crippen LogP contribution in [0.4, 0.5) is 0 Å². The van der Waals surface area contributed by atoms with E-state index in [0.717, 1.165) is 12.3 Å². The van der Waals surface area contributed by atoms with E-state index < -0.39 is 0 Å².